The van der Waals surface area contributed by atoms with Crippen molar-refractivity contribution in [3.63, 3.8) is 0 Å². The van der Waals surface area contributed by atoms with Crippen molar-refractivity contribution in [3.05, 3.63) is 48.3 Å². The van der Waals surface area contributed by atoms with Gasteiger partial charge in [-0.3, -0.25) is 9.48 Å². The van der Waals surface area contributed by atoms with Crippen molar-refractivity contribution in [2.24, 2.45) is 5.73 Å². The summed E-state index contributed by atoms with van der Waals surface area (Å²) < 4.78 is 28.2. The smallest absolute Gasteiger partial charge is 0.251 e. The molecule has 134 valence electrons. The van der Waals surface area contributed by atoms with Gasteiger partial charge in [0.15, 0.2) is 0 Å². The molecule has 0 unspecified atom stereocenters. The van der Waals surface area contributed by atoms with Crippen molar-refractivity contribution < 1.29 is 13.2 Å². The molecule has 0 radical (unpaired) electrons. The van der Waals surface area contributed by atoms with Gasteiger partial charge in [0.1, 0.15) is 0 Å². The second-order valence-corrected chi connectivity index (χ2v) is 7.90. The van der Waals surface area contributed by atoms with E-state index in [9.17, 15) is 13.2 Å². The summed E-state index contributed by atoms with van der Waals surface area (Å²) >= 11 is 0. The monoisotopic (exact) mass is 363 g/mol. The van der Waals surface area contributed by atoms with Crippen molar-refractivity contribution in [3.8, 4) is 0 Å². The zero-order chi connectivity index (χ0) is 17.9. The summed E-state index contributed by atoms with van der Waals surface area (Å²) in [5.41, 5.74) is 6.19. The summed E-state index contributed by atoms with van der Waals surface area (Å²) in [6.45, 7) is 1.77. The molecule has 1 fully saturated rings. The van der Waals surface area contributed by atoms with Gasteiger partial charge in [-0.15, -0.1) is 0 Å². The van der Waals surface area contributed by atoms with Gasteiger partial charge in [-0.05, 0) is 36.8 Å². The second-order valence-electron chi connectivity index (χ2n) is 5.96. The van der Waals surface area contributed by atoms with Gasteiger partial charge >= 0.3 is 0 Å². The Hall–Kier alpha value is -2.23. The SMILES string of the molecule is N[C@@H]1CCN(S(=O)(=O)c2ccc(C(=O)NCCn3cccn3)cc2)C1. The van der Waals surface area contributed by atoms with Crippen LogP contribution in [0.3, 0.4) is 0 Å². The molecule has 25 heavy (non-hydrogen) atoms. The van der Waals surface area contributed by atoms with E-state index in [2.05, 4.69) is 10.4 Å². The molecule has 2 aromatic rings. The Bertz CT molecular complexity index is 818. The van der Waals surface area contributed by atoms with Crippen molar-refractivity contribution >= 4 is 15.9 Å². The zero-order valence-electron chi connectivity index (χ0n) is 13.7. The third-order valence-corrected chi connectivity index (χ3v) is 6.01. The number of nitrogens with zero attached hydrogens (tertiary/aromatic N) is 3. The number of carbonyl (C=O) groups is 1. The molecule has 8 nitrogen and oxygen atoms in total. The maximum atomic E-state index is 12.5. The molecule has 1 aromatic heterocycles. The van der Waals surface area contributed by atoms with Crippen LogP contribution < -0.4 is 11.1 Å². The molecule has 1 aliphatic heterocycles. The van der Waals surface area contributed by atoms with Gasteiger partial charge in [-0.2, -0.15) is 9.40 Å². The van der Waals surface area contributed by atoms with Crippen LogP contribution in [0.5, 0.6) is 0 Å². The Morgan fingerprint density at radius 2 is 2.08 bits per heavy atom. The highest BCUT2D eigenvalue weighted by atomic mass is 32.2. The fourth-order valence-electron chi connectivity index (χ4n) is 2.72. The minimum absolute atomic E-state index is 0.116. The summed E-state index contributed by atoms with van der Waals surface area (Å²) in [6.07, 6.45) is 4.15. The first-order valence-electron chi connectivity index (χ1n) is 8.08. The van der Waals surface area contributed by atoms with Crippen LogP contribution >= 0.6 is 0 Å². The number of hydrogen-bond donors (Lipinski definition) is 2. The van der Waals surface area contributed by atoms with Crippen LogP contribution in [0, 0.1) is 0 Å². The highest BCUT2D eigenvalue weighted by Crippen LogP contribution is 2.20. The minimum Gasteiger partial charge on any atom is -0.350 e. The Morgan fingerprint density at radius 3 is 2.68 bits per heavy atom. The maximum absolute atomic E-state index is 12.5. The van der Waals surface area contributed by atoms with Crippen LogP contribution in [-0.2, 0) is 16.6 Å². The normalized spacial score (nSPS) is 18.4. The topological polar surface area (TPSA) is 110 Å². The Kier molecular flexibility index (Phi) is 5.16. The molecule has 0 aliphatic carbocycles. The van der Waals surface area contributed by atoms with Gasteiger partial charge in [0.25, 0.3) is 5.91 Å². The van der Waals surface area contributed by atoms with Gasteiger partial charge in [0, 0.05) is 43.6 Å². The number of carbonyl (C=O) groups excluding carboxylic acids is 1. The Morgan fingerprint density at radius 1 is 1.32 bits per heavy atom. The second kappa shape index (κ2) is 7.34. The van der Waals surface area contributed by atoms with E-state index in [1.807, 2.05) is 12.3 Å². The largest absolute Gasteiger partial charge is 0.350 e. The van der Waals surface area contributed by atoms with E-state index >= 15 is 0 Å². The van der Waals surface area contributed by atoms with E-state index in [0.29, 0.717) is 38.2 Å². The molecule has 1 amide bonds. The summed E-state index contributed by atoms with van der Waals surface area (Å²) in [5, 5.41) is 6.83. The lowest BCUT2D eigenvalue weighted by atomic mass is 10.2. The van der Waals surface area contributed by atoms with Crippen molar-refractivity contribution in [1.82, 2.24) is 19.4 Å². The summed E-state index contributed by atoms with van der Waals surface area (Å²) in [6, 6.07) is 7.66. The lowest BCUT2D eigenvalue weighted by Crippen LogP contribution is -2.32. The summed E-state index contributed by atoms with van der Waals surface area (Å²) in [7, 11) is -3.55. The molecule has 3 rings (SSSR count). The minimum atomic E-state index is -3.55. The molecule has 1 aliphatic rings. The fourth-order valence-corrected chi connectivity index (χ4v) is 4.23. The van der Waals surface area contributed by atoms with E-state index < -0.39 is 10.0 Å². The fraction of sp³-hybridized carbons (Fsp3) is 0.375. The number of amides is 1. The molecule has 3 N–H and O–H groups in total. The Balaban J connectivity index is 1.60. The van der Waals surface area contributed by atoms with E-state index in [1.54, 1.807) is 10.9 Å². The molecule has 0 bridgehead atoms. The molecule has 1 saturated heterocycles. The summed E-state index contributed by atoms with van der Waals surface area (Å²) in [4.78, 5) is 12.3. The van der Waals surface area contributed by atoms with Crippen LogP contribution in [0.25, 0.3) is 0 Å². The number of benzene rings is 1. The predicted molar refractivity (Wildman–Crippen MR) is 92.4 cm³/mol. The van der Waals surface area contributed by atoms with E-state index in [1.165, 1.54) is 28.6 Å². The number of nitrogens with two attached hydrogens (primary N) is 1. The first-order valence-corrected chi connectivity index (χ1v) is 9.52. The van der Waals surface area contributed by atoms with Gasteiger partial charge < -0.3 is 11.1 Å². The molecule has 2 heterocycles. The number of hydrogen-bond acceptors (Lipinski definition) is 5. The molecule has 0 spiro atoms. The average molecular weight is 363 g/mol. The highest BCUT2D eigenvalue weighted by molar-refractivity contribution is 7.89. The molecular weight excluding hydrogens is 342 g/mol. The van der Waals surface area contributed by atoms with Crippen molar-refractivity contribution in [1.29, 1.82) is 0 Å². The molecule has 1 aromatic carbocycles. The third kappa shape index (κ3) is 4.06. The van der Waals surface area contributed by atoms with Crippen LogP contribution in [0.2, 0.25) is 0 Å². The molecule has 0 saturated carbocycles. The van der Waals surface area contributed by atoms with Crippen LogP contribution in [-0.4, -0.2) is 54.1 Å². The van der Waals surface area contributed by atoms with Crippen molar-refractivity contribution in [2.75, 3.05) is 19.6 Å². The third-order valence-electron chi connectivity index (χ3n) is 4.13. The standard InChI is InChI=1S/C16H21N5O3S/c17-14-6-10-21(12-14)25(23,24)15-4-2-13(3-5-15)16(22)18-8-11-20-9-1-7-19-20/h1-5,7,9,14H,6,8,10-12,17H2,(H,18,22)/t14-/m1/s1. The van der Waals surface area contributed by atoms with Gasteiger partial charge in [-0.25, -0.2) is 8.42 Å². The first kappa shape index (κ1) is 17.6. The van der Waals surface area contributed by atoms with Crippen LogP contribution in [0.4, 0.5) is 0 Å². The summed E-state index contributed by atoms with van der Waals surface area (Å²) in [5.74, 6) is -0.251. The highest BCUT2D eigenvalue weighted by Gasteiger charge is 2.30. The Labute approximate surface area is 146 Å². The quantitative estimate of drug-likeness (QED) is 0.753. The lowest BCUT2D eigenvalue weighted by Gasteiger charge is -2.16. The zero-order valence-corrected chi connectivity index (χ0v) is 14.5. The number of aromatic nitrogens is 2. The van der Waals surface area contributed by atoms with E-state index in [0.717, 1.165) is 0 Å². The van der Waals surface area contributed by atoms with Crippen molar-refractivity contribution in [2.45, 2.75) is 23.9 Å². The predicted octanol–water partition coefficient (Wildman–Crippen LogP) is 0.0348. The lowest BCUT2D eigenvalue weighted by molar-refractivity contribution is 0.0952. The number of rotatable bonds is 6. The van der Waals surface area contributed by atoms with E-state index in [4.69, 9.17) is 5.73 Å². The molecule has 1 atom stereocenters. The van der Waals surface area contributed by atoms with Crippen LogP contribution in [0.1, 0.15) is 16.8 Å². The van der Waals surface area contributed by atoms with Gasteiger partial charge in [-0.1, -0.05) is 0 Å². The first-order chi connectivity index (χ1) is 12.0. The molecule has 9 heteroatoms. The van der Waals surface area contributed by atoms with E-state index in [-0.39, 0.29) is 16.8 Å². The number of sulfonamides is 1. The van der Waals surface area contributed by atoms with Gasteiger partial charge in [0.2, 0.25) is 10.0 Å². The average Bonchev–Trinajstić information content (AvgIpc) is 3.27. The maximum Gasteiger partial charge on any atom is 0.251 e. The van der Waals surface area contributed by atoms with Gasteiger partial charge in [0.05, 0.1) is 11.4 Å². The van der Waals surface area contributed by atoms with Crippen LogP contribution in [0.15, 0.2) is 47.6 Å². The molecular formula is C16H21N5O3S. The number of nitrogens with one attached hydrogen (secondary N) is 1.